The maximum Gasteiger partial charge on any atom is 0.0968 e. The third-order valence-corrected chi connectivity index (χ3v) is 10.0. The monoisotopic (exact) mass is 638 g/mol. The van der Waals surface area contributed by atoms with E-state index in [1.165, 1.54) is 27.1 Å². The van der Waals surface area contributed by atoms with Crippen molar-refractivity contribution in [2.45, 2.75) is 12.8 Å². The lowest BCUT2D eigenvalue weighted by Crippen LogP contribution is -2.09. The number of aryl methyl sites for hydroxylation is 1. The topological polar surface area (TPSA) is 51.0 Å². The molecule has 0 radical (unpaired) electrons. The zero-order valence-corrected chi connectivity index (χ0v) is 27.2. The molecule has 0 fully saturated rings. The number of hydrogen-bond donors (Lipinski definition) is 0. The maximum atomic E-state index is 5.18. The third kappa shape index (κ3) is 4.76. The van der Waals surface area contributed by atoms with E-state index in [0.717, 1.165) is 85.4 Å². The van der Waals surface area contributed by atoms with Crippen LogP contribution < -0.4 is 0 Å². The SMILES string of the molecule is c1ccc(-c2ccc3ccc4c(c3n2)N=C(c2ccc(-c3ccc(-c5nc6ccccc6c6c5ccc5ccccc56)cc3)cn2)CC4)cc1. The van der Waals surface area contributed by atoms with Crippen LogP contribution in [0, 0.1) is 0 Å². The average Bonchev–Trinajstić information content (AvgIpc) is 3.20. The first-order valence-corrected chi connectivity index (χ1v) is 17.1. The predicted molar refractivity (Wildman–Crippen MR) is 207 cm³/mol. The van der Waals surface area contributed by atoms with Crippen LogP contribution in [0.4, 0.5) is 5.69 Å². The summed E-state index contributed by atoms with van der Waals surface area (Å²) in [4.78, 5) is 20.3. The van der Waals surface area contributed by atoms with Gasteiger partial charge >= 0.3 is 0 Å². The Morgan fingerprint density at radius 3 is 2.02 bits per heavy atom. The molecule has 3 aromatic heterocycles. The van der Waals surface area contributed by atoms with Gasteiger partial charge in [0.25, 0.3) is 0 Å². The fourth-order valence-electron chi connectivity index (χ4n) is 7.44. The van der Waals surface area contributed by atoms with Gasteiger partial charge in [0.1, 0.15) is 0 Å². The number of aromatic nitrogens is 3. The van der Waals surface area contributed by atoms with Crippen molar-refractivity contribution < 1.29 is 0 Å². The van der Waals surface area contributed by atoms with Crippen molar-refractivity contribution in [2.75, 3.05) is 0 Å². The summed E-state index contributed by atoms with van der Waals surface area (Å²) in [6, 6.07) is 53.4. The van der Waals surface area contributed by atoms with Crippen molar-refractivity contribution in [3.05, 3.63) is 169 Å². The molecule has 0 unspecified atom stereocenters. The van der Waals surface area contributed by atoms with Gasteiger partial charge in [-0.25, -0.2) is 15.0 Å². The van der Waals surface area contributed by atoms with Gasteiger partial charge in [0.05, 0.1) is 39.5 Å². The van der Waals surface area contributed by atoms with Gasteiger partial charge in [-0.15, -0.1) is 0 Å². The highest BCUT2D eigenvalue weighted by molar-refractivity contribution is 6.22. The summed E-state index contributed by atoms with van der Waals surface area (Å²) in [5.74, 6) is 0. The highest BCUT2D eigenvalue weighted by atomic mass is 14.8. The van der Waals surface area contributed by atoms with Crippen molar-refractivity contribution in [1.82, 2.24) is 15.0 Å². The Balaban J connectivity index is 0.984. The molecule has 4 heterocycles. The molecule has 0 aliphatic carbocycles. The number of nitrogens with zero attached hydrogens (tertiary/aromatic N) is 4. The number of hydrogen-bond acceptors (Lipinski definition) is 4. The van der Waals surface area contributed by atoms with Crippen LogP contribution >= 0.6 is 0 Å². The first-order valence-electron chi connectivity index (χ1n) is 17.1. The van der Waals surface area contributed by atoms with E-state index in [0.29, 0.717) is 0 Å². The summed E-state index contributed by atoms with van der Waals surface area (Å²) in [6.45, 7) is 0. The molecule has 0 amide bonds. The normalized spacial score (nSPS) is 12.8. The zero-order valence-electron chi connectivity index (χ0n) is 27.2. The molecule has 0 spiro atoms. The fraction of sp³-hybridized carbons (Fsp3) is 0.0435. The van der Waals surface area contributed by atoms with Gasteiger partial charge < -0.3 is 0 Å². The number of aliphatic imine (C=N–C) groups is 1. The van der Waals surface area contributed by atoms with Crippen LogP contribution in [0.3, 0.4) is 0 Å². The molecule has 234 valence electrons. The van der Waals surface area contributed by atoms with Crippen molar-refractivity contribution in [3.8, 4) is 33.6 Å². The van der Waals surface area contributed by atoms with Gasteiger partial charge in [0, 0.05) is 44.4 Å². The summed E-state index contributed by atoms with van der Waals surface area (Å²) in [6.07, 6.45) is 3.73. The molecular weight excluding hydrogens is 609 g/mol. The van der Waals surface area contributed by atoms with E-state index in [1.807, 2.05) is 24.4 Å². The first-order chi connectivity index (χ1) is 24.8. The van der Waals surface area contributed by atoms with Crippen LogP contribution in [0.5, 0.6) is 0 Å². The predicted octanol–water partition coefficient (Wildman–Crippen LogP) is 11.6. The molecular formula is C46H30N4. The Kier molecular flexibility index (Phi) is 6.59. The van der Waals surface area contributed by atoms with E-state index in [-0.39, 0.29) is 0 Å². The average molecular weight is 639 g/mol. The van der Waals surface area contributed by atoms with Crippen LogP contribution in [0.15, 0.2) is 163 Å². The minimum Gasteiger partial charge on any atom is -0.254 e. The fourth-order valence-corrected chi connectivity index (χ4v) is 7.44. The molecule has 0 N–H and O–H groups in total. The second-order valence-electron chi connectivity index (χ2n) is 13.0. The highest BCUT2D eigenvalue weighted by Crippen LogP contribution is 2.38. The first kappa shape index (κ1) is 28.5. The smallest absolute Gasteiger partial charge is 0.0968 e. The van der Waals surface area contributed by atoms with Gasteiger partial charge in [-0.2, -0.15) is 0 Å². The van der Waals surface area contributed by atoms with Gasteiger partial charge in [0.2, 0.25) is 0 Å². The summed E-state index contributed by atoms with van der Waals surface area (Å²) < 4.78 is 0. The Hall–Kier alpha value is -6.52. The number of rotatable bonds is 4. The van der Waals surface area contributed by atoms with Gasteiger partial charge in [-0.1, -0.05) is 133 Å². The van der Waals surface area contributed by atoms with Crippen molar-refractivity contribution in [1.29, 1.82) is 0 Å². The summed E-state index contributed by atoms with van der Waals surface area (Å²) in [5.41, 5.74) is 12.4. The standard InChI is InChI=1S/C46H30N4/c1-2-9-31(10-3-1)39-25-21-33-18-19-34-22-27-42(50-46(34)45(33)48-39)41-26-23-35(28-47-41)29-14-16-32(17-15-29)44-38-24-20-30-8-4-5-11-36(30)43(38)37-12-6-7-13-40(37)49-44/h1-21,23-26,28H,22,27H2. The van der Waals surface area contributed by atoms with Crippen LogP contribution in [0.25, 0.3) is 77.0 Å². The molecule has 0 atom stereocenters. The molecule has 10 rings (SSSR count). The zero-order chi connectivity index (χ0) is 33.0. The Morgan fingerprint density at radius 1 is 0.440 bits per heavy atom. The van der Waals surface area contributed by atoms with Crippen LogP contribution in [0.2, 0.25) is 0 Å². The molecule has 1 aliphatic rings. The lowest BCUT2D eigenvalue weighted by atomic mass is 9.94. The van der Waals surface area contributed by atoms with E-state index >= 15 is 0 Å². The number of benzene rings is 6. The lowest BCUT2D eigenvalue weighted by molar-refractivity contribution is 1.00. The van der Waals surface area contributed by atoms with Crippen molar-refractivity contribution in [2.24, 2.45) is 4.99 Å². The number of pyridine rings is 3. The molecule has 4 nitrogen and oxygen atoms in total. The number of fused-ring (bicyclic) bond motifs is 8. The van der Waals surface area contributed by atoms with E-state index in [1.54, 1.807) is 0 Å². The van der Waals surface area contributed by atoms with Gasteiger partial charge in [0.15, 0.2) is 0 Å². The summed E-state index contributed by atoms with van der Waals surface area (Å²) in [5, 5.41) is 7.18. The second kappa shape index (κ2) is 11.6. The minimum absolute atomic E-state index is 0.847. The minimum atomic E-state index is 0.847. The molecule has 6 aromatic carbocycles. The molecule has 50 heavy (non-hydrogen) atoms. The molecule has 4 heteroatoms. The van der Waals surface area contributed by atoms with Crippen LogP contribution in [0.1, 0.15) is 17.7 Å². The quantitative estimate of drug-likeness (QED) is 0.180. The van der Waals surface area contributed by atoms with Crippen molar-refractivity contribution in [3.63, 3.8) is 0 Å². The molecule has 1 aliphatic heterocycles. The van der Waals surface area contributed by atoms with E-state index in [2.05, 4.69) is 133 Å². The van der Waals surface area contributed by atoms with E-state index in [4.69, 9.17) is 19.9 Å². The Bertz CT molecular complexity index is 2770. The number of para-hydroxylation sites is 1. The summed E-state index contributed by atoms with van der Waals surface area (Å²) in [7, 11) is 0. The highest BCUT2D eigenvalue weighted by Gasteiger charge is 2.19. The molecule has 0 saturated carbocycles. The van der Waals surface area contributed by atoms with E-state index < -0.39 is 0 Å². The Labute approximate surface area is 289 Å². The lowest BCUT2D eigenvalue weighted by Gasteiger charge is -2.17. The molecule has 9 aromatic rings. The molecule has 0 bridgehead atoms. The van der Waals surface area contributed by atoms with Crippen LogP contribution in [-0.4, -0.2) is 20.7 Å². The van der Waals surface area contributed by atoms with Gasteiger partial charge in [-0.3, -0.25) is 4.98 Å². The largest absolute Gasteiger partial charge is 0.254 e. The second-order valence-corrected chi connectivity index (χ2v) is 13.0. The van der Waals surface area contributed by atoms with Gasteiger partial charge in [-0.05, 0) is 52.9 Å². The van der Waals surface area contributed by atoms with Crippen LogP contribution in [-0.2, 0) is 6.42 Å². The Morgan fingerprint density at radius 2 is 1.16 bits per heavy atom. The van der Waals surface area contributed by atoms with Crippen molar-refractivity contribution >= 4 is 54.7 Å². The third-order valence-electron chi connectivity index (χ3n) is 10.0. The maximum absolute atomic E-state index is 5.18. The molecule has 0 saturated heterocycles. The summed E-state index contributed by atoms with van der Waals surface area (Å²) >= 11 is 0. The van der Waals surface area contributed by atoms with E-state index in [9.17, 15) is 0 Å².